The van der Waals surface area contributed by atoms with Crippen LogP contribution in [0.1, 0.15) is 5.56 Å². The average molecular weight is 462 g/mol. The van der Waals surface area contributed by atoms with E-state index in [4.69, 9.17) is 10.1 Å². The lowest BCUT2D eigenvalue weighted by atomic mass is 10.0. The number of likely N-dealkylation sites (N-methyl/N-ethyl adjacent to an activating group) is 1. The highest BCUT2D eigenvalue weighted by molar-refractivity contribution is 7.07. The minimum Gasteiger partial charge on any atom is -0.309 e. The molecule has 1 aliphatic heterocycles. The van der Waals surface area contributed by atoms with E-state index < -0.39 is 0 Å². The average Bonchev–Trinajstić information content (AvgIpc) is 3.38. The first-order valence-electron chi connectivity index (χ1n) is 10.8. The fourth-order valence-corrected chi connectivity index (χ4v) is 5.03. The highest BCUT2D eigenvalue weighted by Gasteiger charge is 2.31. The second-order valence-electron chi connectivity index (χ2n) is 7.89. The van der Waals surface area contributed by atoms with Gasteiger partial charge in [-0.15, -0.1) is 11.3 Å². The van der Waals surface area contributed by atoms with Crippen molar-refractivity contribution in [1.29, 1.82) is 0 Å². The first-order valence-corrected chi connectivity index (χ1v) is 11.7. The second kappa shape index (κ2) is 8.20. The predicted octanol–water partition coefficient (Wildman–Crippen LogP) is 5.23. The molecule has 164 valence electrons. The van der Waals surface area contributed by atoms with Gasteiger partial charge in [0.05, 0.1) is 23.3 Å². The van der Waals surface area contributed by atoms with Crippen LogP contribution in [0.3, 0.4) is 0 Å². The maximum Gasteiger partial charge on any atom is 0.279 e. The maximum absolute atomic E-state index is 13.2. The molecule has 0 aliphatic carbocycles. The molecule has 34 heavy (non-hydrogen) atoms. The molecule has 1 amide bonds. The Morgan fingerprint density at radius 2 is 1.68 bits per heavy atom. The largest absolute Gasteiger partial charge is 0.309 e. The summed E-state index contributed by atoms with van der Waals surface area (Å²) >= 11 is 1.48. The smallest absolute Gasteiger partial charge is 0.279 e. The number of carbonyl (C=O) groups is 1. The Balaban J connectivity index is 1.64. The quantitative estimate of drug-likeness (QED) is 0.370. The first kappa shape index (κ1) is 20.3. The van der Waals surface area contributed by atoms with E-state index in [1.54, 1.807) is 29.0 Å². The highest BCUT2D eigenvalue weighted by Crippen LogP contribution is 2.31. The van der Waals surface area contributed by atoms with Gasteiger partial charge in [0.1, 0.15) is 0 Å². The van der Waals surface area contributed by atoms with Crippen molar-refractivity contribution in [3.8, 4) is 11.3 Å². The molecule has 6 nitrogen and oxygen atoms in total. The molecule has 0 saturated heterocycles. The molecule has 0 radical (unpaired) electrons. The van der Waals surface area contributed by atoms with Crippen LogP contribution in [0.2, 0.25) is 0 Å². The molecular formula is C27H19N5OS. The van der Waals surface area contributed by atoms with Crippen molar-refractivity contribution in [1.82, 2.24) is 9.66 Å². The number of fused-ring (bicyclic) bond motifs is 2. The van der Waals surface area contributed by atoms with Crippen molar-refractivity contribution in [3.05, 3.63) is 107 Å². The summed E-state index contributed by atoms with van der Waals surface area (Å²) in [5, 5.41) is 9.19. The first-order chi connectivity index (χ1) is 16.7. The molecule has 5 aromatic rings. The van der Waals surface area contributed by atoms with E-state index in [-0.39, 0.29) is 5.91 Å². The van der Waals surface area contributed by atoms with Crippen LogP contribution in [0.25, 0.3) is 22.0 Å². The number of nitrogens with zero attached hydrogens (tertiary/aromatic N) is 5. The zero-order chi connectivity index (χ0) is 23.1. The second-order valence-corrected chi connectivity index (χ2v) is 8.73. The lowest BCUT2D eigenvalue weighted by Gasteiger charge is -2.09. The Morgan fingerprint density at radius 3 is 2.56 bits per heavy atom. The van der Waals surface area contributed by atoms with Crippen LogP contribution in [0.4, 0.5) is 11.4 Å². The van der Waals surface area contributed by atoms with Gasteiger partial charge < -0.3 is 4.90 Å². The third-order valence-electron chi connectivity index (χ3n) is 5.85. The highest BCUT2D eigenvalue weighted by atomic mass is 32.1. The number of para-hydroxylation sites is 1. The van der Waals surface area contributed by atoms with Crippen LogP contribution in [-0.2, 0) is 4.79 Å². The summed E-state index contributed by atoms with van der Waals surface area (Å²) < 4.78 is 1.78. The van der Waals surface area contributed by atoms with Gasteiger partial charge in [-0.25, -0.2) is 9.67 Å². The summed E-state index contributed by atoms with van der Waals surface area (Å²) in [6, 6.07) is 25.9. The molecule has 6 rings (SSSR count). The molecule has 0 bridgehead atoms. The predicted molar refractivity (Wildman–Crippen MR) is 136 cm³/mol. The van der Waals surface area contributed by atoms with E-state index in [2.05, 4.69) is 29.2 Å². The fourth-order valence-electron chi connectivity index (χ4n) is 4.18. The number of carbonyl (C=O) groups excluding carboxylic acids is 1. The zero-order valence-corrected chi connectivity index (χ0v) is 19.1. The van der Waals surface area contributed by atoms with E-state index in [0.717, 1.165) is 39.0 Å². The number of benzene rings is 3. The van der Waals surface area contributed by atoms with Crippen LogP contribution in [-0.4, -0.2) is 28.3 Å². The normalized spacial score (nSPS) is 14.9. The molecule has 0 unspecified atom stereocenters. The van der Waals surface area contributed by atoms with E-state index in [1.807, 2.05) is 60.0 Å². The van der Waals surface area contributed by atoms with Crippen molar-refractivity contribution >= 4 is 45.1 Å². The number of aromatic nitrogens is 2. The number of pyridine rings is 1. The lowest BCUT2D eigenvalue weighted by molar-refractivity contribution is -0.112. The number of hydrogen-bond donors (Lipinski definition) is 0. The minimum absolute atomic E-state index is 0.143. The molecule has 0 atom stereocenters. The standard InChI is InChI=1S/C27H19N5OS/c1-31-23-14-5-4-12-22(23)25(26(31)33)30-32-24(17-34-27(32)29-19-10-7-15-28-16-19)21-13-6-9-18-8-2-3-11-20(18)21/h2-17H,1H3. The van der Waals surface area contributed by atoms with Gasteiger partial charge in [0.15, 0.2) is 5.71 Å². The summed E-state index contributed by atoms with van der Waals surface area (Å²) in [4.78, 5) is 24.4. The fraction of sp³-hybridized carbons (Fsp3) is 0.0370. The Kier molecular flexibility index (Phi) is 4.89. The molecule has 3 heterocycles. The topological polar surface area (TPSA) is 62.9 Å². The van der Waals surface area contributed by atoms with Gasteiger partial charge in [-0.1, -0.05) is 60.7 Å². The summed E-state index contributed by atoms with van der Waals surface area (Å²) in [6.45, 7) is 0. The van der Waals surface area contributed by atoms with Crippen molar-refractivity contribution < 1.29 is 4.79 Å². The van der Waals surface area contributed by atoms with E-state index in [1.165, 1.54) is 11.3 Å². The number of amides is 1. The van der Waals surface area contributed by atoms with Crippen LogP contribution in [0.5, 0.6) is 0 Å². The molecule has 0 spiro atoms. The number of anilines is 1. The number of rotatable bonds is 3. The van der Waals surface area contributed by atoms with Gasteiger partial charge in [0.2, 0.25) is 4.80 Å². The maximum atomic E-state index is 13.2. The van der Waals surface area contributed by atoms with Crippen molar-refractivity contribution in [3.63, 3.8) is 0 Å². The zero-order valence-electron chi connectivity index (χ0n) is 18.3. The van der Waals surface area contributed by atoms with E-state index in [9.17, 15) is 4.79 Å². The summed E-state index contributed by atoms with van der Waals surface area (Å²) in [6.07, 6.45) is 3.42. The van der Waals surface area contributed by atoms with Gasteiger partial charge in [-0.2, -0.15) is 5.10 Å². The lowest BCUT2D eigenvalue weighted by Crippen LogP contribution is -2.27. The summed E-state index contributed by atoms with van der Waals surface area (Å²) in [7, 11) is 1.77. The van der Waals surface area contributed by atoms with Gasteiger partial charge >= 0.3 is 0 Å². The van der Waals surface area contributed by atoms with Crippen molar-refractivity contribution in [2.45, 2.75) is 0 Å². The Hall–Kier alpha value is -4.36. The monoisotopic (exact) mass is 461 g/mol. The summed E-state index contributed by atoms with van der Waals surface area (Å²) in [5.41, 5.74) is 4.67. The Bertz CT molecular complexity index is 1640. The van der Waals surface area contributed by atoms with Gasteiger partial charge in [0, 0.05) is 29.8 Å². The number of hydrogen-bond acceptors (Lipinski definition) is 5. The minimum atomic E-state index is -0.143. The molecule has 2 aromatic heterocycles. The Labute approximate surface area is 199 Å². The molecule has 3 aromatic carbocycles. The molecular weight excluding hydrogens is 442 g/mol. The van der Waals surface area contributed by atoms with Crippen LogP contribution in [0.15, 0.2) is 107 Å². The summed E-state index contributed by atoms with van der Waals surface area (Å²) in [5.74, 6) is -0.143. The van der Waals surface area contributed by atoms with Crippen LogP contribution in [0, 0.1) is 0 Å². The molecule has 7 heteroatoms. The SMILES string of the molecule is CN1C(=O)C(=Nn2c(-c3cccc4ccccc34)csc2=Nc2cccnc2)c2ccccc21. The number of thiazole rings is 1. The van der Waals surface area contributed by atoms with E-state index in [0.29, 0.717) is 10.5 Å². The van der Waals surface area contributed by atoms with Crippen LogP contribution < -0.4 is 9.70 Å². The Morgan fingerprint density at radius 1 is 0.882 bits per heavy atom. The third-order valence-corrected chi connectivity index (χ3v) is 6.67. The van der Waals surface area contributed by atoms with Crippen LogP contribution >= 0.6 is 11.3 Å². The van der Waals surface area contributed by atoms with Gasteiger partial charge in [0.25, 0.3) is 5.91 Å². The molecule has 0 fully saturated rings. The molecule has 0 saturated carbocycles. The van der Waals surface area contributed by atoms with Gasteiger partial charge in [-0.3, -0.25) is 9.78 Å². The molecule has 1 aliphatic rings. The molecule has 0 N–H and O–H groups in total. The van der Waals surface area contributed by atoms with E-state index >= 15 is 0 Å². The van der Waals surface area contributed by atoms with Crippen molar-refractivity contribution in [2.75, 3.05) is 11.9 Å². The third kappa shape index (κ3) is 3.34. The van der Waals surface area contributed by atoms with Crippen molar-refractivity contribution in [2.24, 2.45) is 10.1 Å². The van der Waals surface area contributed by atoms with Gasteiger partial charge in [-0.05, 0) is 29.0 Å².